The molecule has 0 aromatic heterocycles. The number of nitrogens with two attached hydrogens (primary N) is 1. The normalized spacial score (nSPS) is 38.7. The van der Waals surface area contributed by atoms with Crippen molar-refractivity contribution in [2.75, 3.05) is 6.54 Å². The van der Waals surface area contributed by atoms with Crippen molar-refractivity contribution in [2.45, 2.75) is 51.0 Å². The number of hydrogen-bond acceptors (Lipinski definition) is 2. The lowest BCUT2D eigenvalue weighted by molar-refractivity contribution is -0.127. The van der Waals surface area contributed by atoms with Crippen LogP contribution >= 0.6 is 12.4 Å². The number of fused-ring (bicyclic) bond motifs is 2. The summed E-state index contributed by atoms with van der Waals surface area (Å²) < 4.78 is 0. The SMILES string of the molecule is Cl.NC1C2CCCC1CC(C(=O)NCC1CC1)C2. The maximum absolute atomic E-state index is 12.1. The smallest absolute Gasteiger partial charge is 0.223 e. The number of halogens is 1. The zero-order chi connectivity index (χ0) is 11.8. The fourth-order valence-electron chi connectivity index (χ4n) is 3.71. The molecule has 2 bridgehead atoms. The molecule has 0 aromatic carbocycles. The lowest BCUT2D eigenvalue weighted by atomic mass is 9.65. The van der Waals surface area contributed by atoms with Gasteiger partial charge in [0.1, 0.15) is 0 Å². The Balaban J connectivity index is 0.00000120. The van der Waals surface area contributed by atoms with Gasteiger partial charge in [-0.1, -0.05) is 6.42 Å². The third-order valence-electron chi connectivity index (χ3n) is 5.05. The minimum atomic E-state index is 0. The molecule has 104 valence electrons. The number of rotatable bonds is 3. The van der Waals surface area contributed by atoms with Gasteiger partial charge in [0.15, 0.2) is 0 Å². The molecule has 0 heterocycles. The Morgan fingerprint density at radius 2 is 1.72 bits per heavy atom. The summed E-state index contributed by atoms with van der Waals surface area (Å²) in [5, 5.41) is 3.14. The molecule has 1 amide bonds. The van der Waals surface area contributed by atoms with Gasteiger partial charge in [-0.2, -0.15) is 0 Å². The topological polar surface area (TPSA) is 55.1 Å². The molecule has 4 heteroatoms. The van der Waals surface area contributed by atoms with E-state index in [4.69, 9.17) is 5.73 Å². The van der Waals surface area contributed by atoms with Crippen LogP contribution in [0.3, 0.4) is 0 Å². The molecular weight excluding hydrogens is 248 g/mol. The van der Waals surface area contributed by atoms with Gasteiger partial charge in [-0.3, -0.25) is 4.79 Å². The first kappa shape index (κ1) is 14.1. The van der Waals surface area contributed by atoms with Gasteiger partial charge in [-0.05, 0) is 56.3 Å². The lowest BCUT2D eigenvalue weighted by Crippen LogP contribution is -2.49. The van der Waals surface area contributed by atoms with Crippen molar-refractivity contribution in [3.05, 3.63) is 0 Å². The Morgan fingerprint density at radius 3 is 2.28 bits per heavy atom. The van der Waals surface area contributed by atoms with E-state index in [1.54, 1.807) is 0 Å². The molecule has 0 saturated heterocycles. The van der Waals surface area contributed by atoms with E-state index in [9.17, 15) is 4.79 Å². The van der Waals surface area contributed by atoms with Gasteiger partial charge < -0.3 is 11.1 Å². The maximum atomic E-state index is 12.1. The van der Waals surface area contributed by atoms with Crippen molar-refractivity contribution in [3.8, 4) is 0 Å². The fourth-order valence-corrected chi connectivity index (χ4v) is 3.71. The molecule has 0 radical (unpaired) electrons. The quantitative estimate of drug-likeness (QED) is 0.827. The first-order valence-electron chi connectivity index (χ1n) is 7.27. The van der Waals surface area contributed by atoms with Gasteiger partial charge in [0.2, 0.25) is 5.91 Å². The van der Waals surface area contributed by atoms with Crippen LogP contribution in [-0.2, 0) is 4.79 Å². The number of amides is 1. The summed E-state index contributed by atoms with van der Waals surface area (Å²) in [6.45, 7) is 0.913. The molecule has 2 atom stereocenters. The van der Waals surface area contributed by atoms with E-state index < -0.39 is 0 Å². The summed E-state index contributed by atoms with van der Waals surface area (Å²) in [6.07, 6.45) is 8.48. The molecule has 18 heavy (non-hydrogen) atoms. The largest absolute Gasteiger partial charge is 0.356 e. The molecule has 3 aliphatic rings. The molecule has 3 saturated carbocycles. The Kier molecular flexibility index (Phi) is 4.54. The second-order valence-electron chi connectivity index (χ2n) is 6.39. The average Bonchev–Trinajstić information content (AvgIpc) is 3.09. The van der Waals surface area contributed by atoms with E-state index in [-0.39, 0.29) is 18.3 Å². The predicted molar refractivity (Wildman–Crippen MR) is 74.5 cm³/mol. The van der Waals surface area contributed by atoms with Crippen molar-refractivity contribution >= 4 is 18.3 Å². The van der Waals surface area contributed by atoms with Crippen molar-refractivity contribution in [2.24, 2.45) is 29.4 Å². The Morgan fingerprint density at radius 1 is 1.11 bits per heavy atom. The summed E-state index contributed by atoms with van der Waals surface area (Å²) in [5.74, 6) is 2.56. The van der Waals surface area contributed by atoms with Crippen LogP contribution in [0.2, 0.25) is 0 Å². The molecule has 3 nitrogen and oxygen atoms in total. The van der Waals surface area contributed by atoms with Crippen molar-refractivity contribution in [1.82, 2.24) is 5.32 Å². The molecule has 0 aromatic rings. The highest BCUT2D eigenvalue weighted by Gasteiger charge is 2.40. The number of carbonyl (C=O) groups is 1. The lowest BCUT2D eigenvalue weighted by Gasteiger charge is -2.43. The Bertz CT molecular complexity index is 292. The minimum Gasteiger partial charge on any atom is -0.356 e. The van der Waals surface area contributed by atoms with E-state index >= 15 is 0 Å². The summed E-state index contributed by atoms with van der Waals surface area (Å²) >= 11 is 0. The maximum Gasteiger partial charge on any atom is 0.223 e. The van der Waals surface area contributed by atoms with Gasteiger partial charge in [0.25, 0.3) is 0 Å². The summed E-state index contributed by atoms with van der Waals surface area (Å²) in [7, 11) is 0. The monoisotopic (exact) mass is 272 g/mol. The third kappa shape index (κ3) is 3.00. The van der Waals surface area contributed by atoms with Gasteiger partial charge in [0, 0.05) is 18.5 Å². The summed E-state index contributed by atoms with van der Waals surface area (Å²) in [5.41, 5.74) is 6.25. The molecule has 2 unspecified atom stereocenters. The molecule has 3 N–H and O–H groups in total. The minimum absolute atomic E-state index is 0. The molecular formula is C14H25ClN2O. The molecule has 0 aliphatic heterocycles. The highest BCUT2D eigenvalue weighted by atomic mass is 35.5. The first-order chi connectivity index (χ1) is 8.24. The van der Waals surface area contributed by atoms with E-state index in [0.717, 1.165) is 25.3 Å². The number of carbonyl (C=O) groups excluding carboxylic acids is 1. The van der Waals surface area contributed by atoms with E-state index in [2.05, 4.69) is 5.32 Å². The summed E-state index contributed by atoms with van der Waals surface area (Å²) in [4.78, 5) is 12.1. The van der Waals surface area contributed by atoms with Crippen LogP contribution < -0.4 is 11.1 Å². The summed E-state index contributed by atoms with van der Waals surface area (Å²) in [6, 6.07) is 0.372. The van der Waals surface area contributed by atoms with Crippen LogP contribution in [0.15, 0.2) is 0 Å². The Labute approximate surface area is 116 Å². The molecule has 3 rings (SSSR count). The van der Waals surface area contributed by atoms with Crippen LogP contribution in [0, 0.1) is 23.7 Å². The fraction of sp³-hybridized carbons (Fsp3) is 0.929. The van der Waals surface area contributed by atoms with E-state index in [0.29, 0.717) is 23.8 Å². The predicted octanol–water partition coefficient (Wildman–Crippen LogP) is 2.09. The average molecular weight is 273 g/mol. The number of nitrogens with one attached hydrogen (secondary N) is 1. The highest BCUT2D eigenvalue weighted by molar-refractivity contribution is 5.85. The highest BCUT2D eigenvalue weighted by Crippen LogP contribution is 2.42. The zero-order valence-electron chi connectivity index (χ0n) is 10.9. The van der Waals surface area contributed by atoms with Crippen LogP contribution in [-0.4, -0.2) is 18.5 Å². The second kappa shape index (κ2) is 5.79. The van der Waals surface area contributed by atoms with Crippen molar-refractivity contribution in [1.29, 1.82) is 0 Å². The van der Waals surface area contributed by atoms with Crippen molar-refractivity contribution < 1.29 is 4.79 Å². The Hall–Kier alpha value is -0.280. The zero-order valence-corrected chi connectivity index (χ0v) is 11.8. The second-order valence-corrected chi connectivity index (χ2v) is 6.39. The van der Waals surface area contributed by atoms with Gasteiger partial charge in [-0.15, -0.1) is 12.4 Å². The van der Waals surface area contributed by atoms with Crippen LogP contribution in [0.25, 0.3) is 0 Å². The number of hydrogen-bond donors (Lipinski definition) is 2. The van der Waals surface area contributed by atoms with Crippen molar-refractivity contribution in [3.63, 3.8) is 0 Å². The van der Waals surface area contributed by atoms with Gasteiger partial charge in [0.05, 0.1) is 0 Å². The van der Waals surface area contributed by atoms with Gasteiger partial charge >= 0.3 is 0 Å². The first-order valence-corrected chi connectivity index (χ1v) is 7.27. The van der Waals surface area contributed by atoms with Gasteiger partial charge in [-0.25, -0.2) is 0 Å². The van der Waals surface area contributed by atoms with Crippen LogP contribution in [0.4, 0.5) is 0 Å². The standard InChI is InChI=1S/C14H24N2O.ClH/c15-13-10-2-1-3-11(13)7-12(6-10)14(17)16-8-9-4-5-9;/h9-13H,1-8,15H2,(H,16,17);1H. The molecule has 3 aliphatic carbocycles. The molecule has 0 spiro atoms. The van der Waals surface area contributed by atoms with Crippen LogP contribution in [0.1, 0.15) is 44.9 Å². The molecule has 3 fully saturated rings. The van der Waals surface area contributed by atoms with Crippen LogP contribution in [0.5, 0.6) is 0 Å². The third-order valence-corrected chi connectivity index (χ3v) is 5.05. The van der Waals surface area contributed by atoms with E-state index in [1.165, 1.54) is 32.1 Å². The van der Waals surface area contributed by atoms with E-state index in [1.807, 2.05) is 0 Å².